The fraction of sp³-hybridized carbons (Fsp3) is 0. The predicted octanol–water partition coefficient (Wildman–Crippen LogP) is 11.7. The van der Waals surface area contributed by atoms with Crippen molar-refractivity contribution in [3.63, 3.8) is 0 Å². The Balaban J connectivity index is 1.07. The van der Waals surface area contributed by atoms with Crippen LogP contribution in [0.25, 0.3) is 88.5 Å². The Morgan fingerprint density at radius 1 is 0.340 bits per heavy atom. The minimum absolute atomic E-state index is 0.847. The minimum Gasteiger partial charge on any atom is -0.309 e. The summed E-state index contributed by atoms with van der Waals surface area (Å²) in [5, 5.41) is 5.05. The van der Waals surface area contributed by atoms with Crippen LogP contribution in [0.2, 0.25) is 0 Å². The Labute approximate surface area is 289 Å². The number of hydrogen-bond donors (Lipinski definition) is 0. The van der Waals surface area contributed by atoms with Gasteiger partial charge in [-0.3, -0.25) is 9.97 Å². The molecule has 0 aliphatic heterocycles. The molecule has 0 radical (unpaired) electrons. The summed E-state index contributed by atoms with van der Waals surface area (Å²) < 4.78 is 4.71. The van der Waals surface area contributed by atoms with E-state index in [-0.39, 0.29) is 0 Å². The second kappa shape index (κ2) is 11.4. The SMILES string of the molecule is c1ccc2c(c1)c1ccccc1n2-c1ccc(-c2cc(-c3ccc(-n4c5ccccc5c5ccccc54)cc3)cc(-c3cnccn3)c2)cc1. The molecule has 0 aliphatic rings. The van der Waals surface area contributed by atoms with Gasteiger partial charge in [0.1, 0.15) is 0 Å². The van der Waals surface area contributed by atoms with Crippen LogP contribution in [0.1, 0.15) is 0 Å². The van der Waals surface area contributed by atoms with Gasteiger partial charge in [-0.1, -0.05) is 97.1 Å². The minimum atomic E-state index is 0.847. The monoisotopic (exact) mass is 638 g/mol. The molecule has 0 N–H and O–H groups in total. The average molecular weight is 639 g/mol. The first-order valence-corrected chi connectivity index (χ1v) is 16.9. The highest BCUT2D eigenvalue weighted by molar-refractivity contribution is 6.10. The van der Waals surface area contributed by atoms with Gasteiger partial charge in [-0.05, 0) is 89.0 Å². The van der Waals surface area contributed by atoms with Crippen LogP contribution in [-0.4, -0.2) is 19.1 Å². The molecule has 4 heteroatoms. The zero-order valence-corrected chi connectivity index (χ0v) is 27.1. The number of nitrogens with zero attached hydrogens (tertiary/aromatic N) is 4. The van der Waals surface area contributed by atoms with Gasteiger partial charge in [0.25, 0.3) is 0 Å². The molecule has 0 saturated heterocycles. The van der Waals surface area contributed by atoms with Crippen molar-refractivity contribution in [2.24, 2.45) is 0 Å². The van der Waals surface area contributed by atoms with E-state index in [1.807, 2.05) is 6.20 Å². The van der Waals surface area contributed by atoms with Gasteiger partial charge in [0.2, 0.25) is 0 Å². The highest BCUT2D eigenvalue weighted by Crippen LogP contribution is 2.36. The average Bonchev–Trinajstić information content (AvgIpc) is 3.71. The van der Waals surface area contributed by atoms with Crippen molar-refractivity contribution >= 4 is 43.6 Å². The van der Waals surface area contributed by atoms with Crippen LogP contribution in [-0.2, 0) is 0 Å². The second-order valence-corrected chi connectivity index (χ2v) is 12.7. The number of fused-ring (bicyclic) bond motifs is 6. The summed E-state index contributed by atoms with van der Waals surface area (Å²) in [6.07, 6.45) is 5.30. The number of para-hydroxylation sites is 4. The molecule has 0 atom stereocenters. The van der Waals surface area contributed by atoms with Crippen LogP contribution >= 0.6 is 0 Å². The Morgan fingerprint density at radius 3 is 1.10 bits per heavy atom. The highest BCUT2D eigenvalue weighted by Gasteiger charge is 2.14. The van der Waals surface area contributed by atoms with E-state index in [1.165, 1.54) is 43.6 Å². The summed E-state index contributed by atoms with van der Waals surface area (Å²) in [4.78, 5) is 9.04. The molecule has 0 saturated carbocycles. The lowest BCUT2D eigenvalue weighted by Gasteiger charge is -2.13. The second-order valence-electron chi connectivity index (χ2n) is 12.7. The Bertz CT molecular complexity index is 2560. The van der Waals surface area contributed by atoms with E-state index >= 15 is 0 Å². The zero-order chi connectivity index (χ0) is 33.0. The van der Waals surface area contributed by atoms with E-state index in [1.54, 1.807) is 12.4 Å². The molecule has 3 aromatic heterocycles. The maximum Gasteiger partial charge on any atom is 0.0885 e. The molecule has 234 valence electrons. The Kier molecular flexibility index (Phi) is 6.46. The molecule has 4 nitrogen and oxygen atoms in total. The topological polar surface area (TPSA) is 35.6 Å². The van der Waals surface area contributed by atoms with E-state index < -0.39 is 0 Å². The van der Waals surface area contributed by atoms with Crippen LogP contribution in [0, 0.1) is 0 Å². The summed E-state index contributed by atoms with van der Waals surface area (Å²) in [5.74, 6) is 0. The van der Waals surface area contributed by atoms with Crippen LogP contribution < -0.4 is 0 Å². The van der Waals surface area contributed by atoms with E-state index in [4.69, 9.17) is 0 Å². The lowest BCUT2D eigenvalue weighted by Crippen LogP contribution is -1.94. The Morgan fingerprint density at radius 2 is 0.720 bits per heavy atom. The summed E-state index contributed by atoms with van der Waals surface area (Å²) in [6.45, 7) is 0. The van der Waals surface area contributed by atoms with Crippen LogP contribution in [0.4, 0.5) is 0 Å². The lowest BCUT2D eigenvalue weighted by atomic mass is 9.95. The first-order chi connectivity index (χ1) is 24.8. The normalized spacial score (nSPS) is 11.6. The first kappa shape index (κ1) is 28.3. The quantitative estimate of drug-likeness (QED) is 0.188. The summed E-state index contributed by atoms with van der Waals surface area (Å²) in [7, 11) is 0. The molecule has 0 aliphatic carbocycles. The maximum absolute atomic E-state index is 4.66. The lowest BCUT2D eigenvalue weighted by molar-refractivity contribution is 1.18. The largest absolute Gasteiger partial charge is 0.309 e. The third-order valence-corrected chi connectivity index (χ3v) is 9.87. The van der Waals surface area contributed by atoms with Crippen molar-refractivity contribution in [3.05, 3.63) is 182 Å². The van der Waals surface area contributed by atoms with Crippen LogP contribution in [0.15, 0.2) is 182 Å². The molecule has 10 aromatic rings. The van der Waals surface area contributed by atoms with Crippen LogP contribution in [0.3, 0.4) is 0 Å². The molecule has 0 fully saturated rings. The van der Waals surface area contributed by atoms with E-state index in [2.05, 4.69) is 183 Å². The molecule has 0 amide bonds. The molecular weight excluding hydrogens is 609 g/mol. The van der Waals surface area contributed by atoms with Gasteiger partial charge < -0.3 is 9.13 Å². The van der Waals surface area contributed by atoms with Crippen LogP contribution in [0.5, 0.6) is 0 Å². The first-order valence-electron chi connectivity index (χ1n) is 16.9. The van der Waals surface area contributed by atoms with E-state index in [9.17, 15) is 0 Å². The van der Waals surface area contributed by atoms with Gasteiger partial charge in [0.15, 0.2) is 0 Å². The number of hydrogen-bond acceptors (Lipinski definition) is 2. The molecule has 10 rings (SSSR count). The maximum atomic E-state index is 4.66. The van der Waals surface area contributed by atoms with Gasteiger partial charge in [0.05, 0.1) is 34.0 Å². The molecule has 0 bridgehead atoms. The van der Waals surface area contributed by atoms with Crippen molar-refractivity contribution in [1.82, 2.24) is 19.1 Å². The summed E-state index contributed by atoms with van der Waals surface area (Å²) in [5.41, 5.74) is 13.5. The van der Waals surface area contributed by atoms with Crippen molar-refractivity contribution in [1.29, 1.82) is 0 Å². The molecular formula is C46H30N4. The van der Waals surface area contributed by atoms with E-state index in [0.717, 1.165) is 44.9 Å². The molecule has 3 heterocycles. The smallest absolute Gasteiger partial charge is 0.0885 e. The molecule has 0 spiro atoms. The molecule has 0 unspecified atom stereocenters. The van der Waals surface area contributed by atoms with Gasteiger partial charge in [-0.15, -0.1) is 0 Å². The van der Waals surface area contributed by atoms with Gasteiger partial charge in [-0.25, -0.2) is 0 Å². The van der Waals surface area contributed by atoms with Gasteiger partial charge in [-0.2, -0.15) is 0 Å². The Hall–Kier alpha value is -6.78. The van der Waals surface area contributed by atoms with Crippen molar-refractivity contribution in [3.8, 4) is 44.9 Å². The third kappa shape index (κ3) is 4.54. The predicted molar refractivity (Wildman–Crippen MR) is 207 cm³/mol. The highest BCUT2D eigenvalue weighted by atomic mass is 15.0. The van der Waals surface area contributed by atoms with Crippen molar-refractivity contribution in [2.45, 2.75) is 0 Å². The zero-order valence-electron chi connectivity index (χ0n) is 27.1. The van der Waals surface area contributed by atoms with Crippen molar-refractivity contribution < 1.29 is 0 Å². The fourth-order valence-corrected chi connectivity index (χ4v) is 7.56. The fourth-order valence-electron chi connectivity index (χ4n) is 7.56. The number of aromatic nitrogens is 4. The standard InChI is InChI=1S/C46H30N4/c1-5-13-43-38(9-1)39-10-2-6-14-44(39)49(43)36-21-17-31(18-22-36)33-27-34(29-35(28-33)42-30-47-25-26-48-42)32-19-23-37(24-20-32)50-45-15-7-3-11-40(45)41-12-4-8-16-46(41)50/h1-30H. The number of benzene rings is 7. The van der Waals surface area contributed by atoms with Gasteiger partial charge >= 0.3 is 0 Å². The molecule has 7 aromatic carbocycles. The summed E-state index contributed by atoms with van der Waals surface area (Å²) in [6, 6.07) is 59.1. The van der Waals surface area contributed by atoms with Crippen molar-refractivity contribution in [2.75, 3.05) is 0 Å². The van der Waals surface area contributed by atoms with Gasteiger partial charge in [0, 0.05) is 50.9 Å². The molecule has 50 heavy (non-hydrogen) atoms. The summed E-state index contributed by atoms with van der Waals surface area (Å²) >= 11 is 0. The number of rotatable bonds is 5. The third-order valence-electron chi connectivity index (χ3n) is 9.87. The van der Waals surface area contributed by atoms with E-state index in [0.29, 0.717) is 0 Å².